The molecule has 1 saturated heterocycles. The number of amides is 2. The zero-order chi connectivity index (χ0) is 18.1. The van der Waals surface area contributed by atoms with Crippen LogP contribution in [0.1, 0.15) is 25.3 Å². The van der Waals surface area contributed by atoms with Gasteiger partial charge in [0.1, 0.15) is 0 Å². The summed E-state index contributed by atoms with van der Waals surface area (Å²) in [5.74, 6) is 0.0866. The van der Waals surface area contributed by atoms with E-state index in [1.54, 1.807) is 0 Å². The maximum Gasteiger partial charge on any atom is 0.236 e. The highest BCUT2D eigenvalue weighted by Crippen LogP contribution is 2.11. The fourth-order valence-corrected chi connectivity index (χ4v) is 3.28. The number of nitrogens with one attached hydrogen (secondary N) is 1. The number of nitrogens with two attached hydrogens (primary N) is 1. The number of hydrogen-bond donors (Lipinski definition) is 2. The molecule has 1 aliphatic rings. The van der Waals surface area contributed by atoms with Crippen LogP contribution in [-0.4, -0.2) is 66.9 Å². The van der Waals surface area contributed by atoms with Crippen LogP contribution in [0.25, 0.3) is 0 Å². The van der Waals surface area contributed by atoms with E-state index in [0.717, 1.165) is 32.4 Å². The maximum absolute atomic E-state index is 12.7. The van der Waals surface area contributed by atoms with Crippen LogP contribution in [0.4, 0.5) is 0 Å². The number of rotatable bonds is 8. The summed E-state index contributed by atoms with van der Waals surface area (Å²) in [5, 5.41) is 2.93. The van der Waals surface area contributed by atoms with Gasteiger partial charge in [-0.2, -0.15) is 0 Å². The molecular weight excluding hydrogens is 352 g/mol. The molecule has 0 aliphatic carbocycles. The number of carbonyl (C=O) groups is 2. The minimum atomic E-state index is -0.0353. The van der Waals surface area contributed by atoms with E-state index < -0.39 is 0 Å². The third-order valence-corrected chi connectivity index (χ3v) is 4.55. The van der Waals surface area contributed by atoms with Crippen molar-refractivity contribution in [1.82, 2.24) is 15.1 Å². The van der Waals surface area contributed by atoms with Gasteiger partial charge in [-0.3, -0.25) is 14.5 Å². The standard InChI is InChI=1S/C19H30N4O2.ClH/c1-16(24)21-18-8-5-11-23(14-18)19(25)15-22(13-10-20)12-9-17-6-3-2-4-7-17;/h2-4,6-7,18H,5,8-15,20H2,1H3,(H,21,24);1H. The first-order valence-corrected chi connectivity index (χ1v) is 9.09. The summed E-state index contributed by atoms with van der Waals surface area (Å²) in [5.41, 5.74) is 6.98. The van der Waals surface area contributed by atoms with Crippen molar-refractivity contribution in [2.24, 2.45) is 5.73 Å². The molecule has 1 aromatic carbocycles. The topological polar surface area (TPSA) is 78.7 Å². The molecule has 146 valence electrons. The van der Waals surface area contributed by atoms with Crippen molar-refractivity contribution < 1.29 is 9.59 Å². The van der Waals surface area contributed by atoms with Crippen LogP contribution >= 0.6 is 12.4 Å². The summed E-state index contributed by atoms with van der Waals surface area (Å²) in [7, 11) is 0. The Morgan fingerprint density at radius 1 is 1.27 bits per heavy atom. The number of halogens is 1. The fraction of sp³-hybridized carbons (Fsp3) is 0.579. The van der Waals surface area contributed by atoms with E-state index in [0.29, 0.717) is 26.2 Å². The molecule has 0 saturated carbocycles. The fourth-order valence-electron chi connectivity index (χ4n) is 3.28. The van der Waals surface area contributed by atoms with Gasteiger partial charge in [0.2, 0.25) is 11.8 Å². The second-order valence-corrected chi connectivity index (χ2v) is 6.68. The number of benzene rings is 1. The van der Waals surface area contributed by atoms with Gasteiger partial charge in [-0.15, -0.1) is 12.4 Å². The average molecular weight is 383 g/mol. The lowest BCUT2D eigenvalue weighted by atomic mass is 10.1. The van der Waals surface area contributed by atoms with Crippen LogP contribution in [-0.2, 0) is 16.0 Å². The Labute approximate surface area is 162 Å². The van der Waals surface area contributed by atoms with E-state index in [2.05, 4.69) is 22.3 Å². The van der Waals surface area contributed by atoms with E-state index in [1.807, 2.05) is 23.1 Å². The summed E-state index contributed by atoms with van der Waals surface area (Å²) in [6, 6.07) is 10.3. The Hall–Kier alpha value is -1.63. The highest BCUT2D eigenvalue weighted by Gasteiger charge is 2.25. The summed E-state index contributed by atoms with van der Waals surface area (Å²) in [4.78, 5) is 27.9. The molecule has 1 atom stereocenters. The van der Waals surface area contributed by atoms with Crippen LogP contribution < -0.4 is 11.1 Å². The molecule has 0 aromatic heterocycles. The molecular formula is C19H31ClN4O2. The molecule has 0 spiro atoms. The summed E-state index contributed by atoms with van der Waals surface area (Å²) < 4.78 is 0. The van der Waals surface area contributed by atoms with Gasteiger partial charge in [-0.25, -0.2) is 0 Å². The lowest BCUT2D eigenvalue weighted by Gasteiger charge is -2.34. The monoisotopic (exact) mass is 382 g/mol. The van der Waals surface area contributed by atoms with Crippen molar-refractivity contribution in [3.05, 3.63) is 35.9 Å². The predicted molar refractivity (Wildman–Crippen MR) is 106 cm³/mol. The molecule has 1 fully saturated rings. The Bertz CT molecular complexity index is 556. The van der Waals surface area contributed by atoms with Crippen molar-refractivity contribution in [1.29, 1.82) is 0 Å². The molecule has 26 heavy (non-hydrogen) atoms. The summed E-state index contributed by atoms with van der Waals surface area (Å²) >= 11 is 0. The Morgan fingerprint density at radius 3 is 2.65 bits per heavy atom. The first-order chi connectivity index (χ1) is 12.1. The van der Waals surface area contributed by atoms with Gasteiger partial charge in [0, 0.05) is 45.7 Å². The lowest BCUT2D eigenvalue weighted by molar-refractivity contribution is -0.134. The molecule has 1 aliphatic heterocycles. The molecule has 7 heteroatoms. The SMILES string of the molecule is CC(=O)NC1CCCN(C(=O)CN(CCN)CCc2ccccc2)C1.Cl. The molecule has 1 aromatic rings. The Balaban J connectivity index is 0.00000338. The molecule has 0 bridgehead atoms. The number of carbonyl (C=O) groups excluding carboxylic acids is 2. The summed E-state index contributed by atoms with van der Waals surface area (Å²) in [6.45, 7) is 5.34. The van der Waals surface area contributed by atoms with Gasteiger partial charge in [-0.05, 0) is 24.8 Å². The van der Waals surface area contributed by atoms with Gasteiger partial charge in [-0.1, -0.05) is 30.3 Å². The quantitative estimate of drug-likeness (QED) is 0.704. The molecule has 2 amide bonds. The number of hydrogen-bond acceptors (Lipinski definition) is 4. The molecule has 2 rings (SSSR count). The zero-order valence-corrected chi connectivity index (χ0v) is 16.3. The maximum atomic E-state index is 12.7. The molecule has 3 N–H and O–H groups in total. The van der Waals surface area contributed by atoms with Crippen LogP contribution in [0.3, 0.4) is 0 Å². The largest absolute Gasteiger partial charge is 0.352 e. The minimum absolute atomic E-state index is 0. The van der Waals surface area contributed by atoms with Crippen LogP contribution in [0.15, 0.2) is 30.3 Å². The van der Waals surface area contributed by atoms with E-state index in [1.165, 1.54) is 12.5 Å². The molecule has 0 radical (unpaired) electrons. The van der Waals surface area contributed by atoms with Gasteiger partial charge in [0.05, 0.1) is 6.54 Å². The first-order valence-electron chi connectivity index (χ1n) is 9.09. The normalized spacial score (nSPS) is 16.9. The number of nitrogens with zero attached hydrogens (tertiary/aromatic N) is 2. The van der Waals surface area contributed by atoms with Crippen molar-refractivity contribution in [3.63, 3.8) is 0 Å². The second kappa shape index (κ2) is 11.9. The summed E-state index contributed by atoms with van der Waals surface area (Å²) in [6.07, 6.45) is 2.77. The smallest absolute Gasteiger partial charge is 0.236 e. The molecule has 6 nitrogen and oxygen atoms in total. The van der Waals surface area contributed by atoms with Crippen LogP contribution in [0.5, 0.6) is 0 Å². The zero-order valence-electron chi connectivity index (χ0n) is 15.5. The average Bonchev–Trinajstić information content (AvgIpc) is 2.60. The van der Waals surface area contributed by atoms with E-state index in [9.17, 15) is 9.59 Å². The number of likely N-dealkylation sites (tertiary alicyclic amines) is 1. The lowest BCUT2D eigenvalue weighted by Crippen LogP contribution is -2.51. The molecule has 1 unspecified atom stereocenters. The number of piperidine rings is 1. The van der Waals surface area contributed by atoms with Gasteiger partial charge in [0.25, 0.3) is 0 Å². The van der Waals surface area contributed by atoms with E-state index in [-0.39, 0.29) is 30.3 Å². The Morgan fingerprint density at radius 2 is 2.00 bits per heavy atom. The third-order valence-electron chi connectivity index (χ3n) is 4.55. The predicted octanol–water partition coefficient (Wildman–Crippen LogP) is 1.04. The van der Waals surface area contributed by atoms with Gasteiger partial charge < -0.3 is 16.0 Å². The van der Waals surface area contributed by atoms with Crippen molar-refractivity contribution in [2.75, 3.05) is 39.3 Å². The highest BCUT2D eigenvalue weighted by atomic mass is 35.5. The van der Waals surface area contributed by atoms with Crippen molar-refractivity contribution >= 4 is 24.2 Å². The van der Waals surface area contributed by atoms with Gasteiger partial charge in [0.15, 0.2) is 0 Å². The van der Waals surface area contributed by atoms with Crippen LogP contribution in [0, 0.1) is 0 Å². The molecule has 1 heterocycles. The van der Waals surface area contributed by atoms with Crippen molar-refractivity contribution in [3.8, 4) is 0 Å². The third kappa shape index (κ3) is 7.72. The van der Waals surface area contributed by atoms with Crippen molar-refractivity contribution in [2.45, 2.75) is 32.2 Å². The van der Waals surface area contributed by atoms with Crippen LogP contribution in [0.2, 0.25) is 0 Å². The first kappa shape index (κ1) is 22.4. The Kier molecular flexibility index (Phi) is 10.2. The minimum Gasteiger partial charge on any atom is -0.352 e. The second-order valence-electron chi connectivity index (χ2n) is 6.68. The van der Waals surface area contributed by atoms with Gasteiger partial charge >= 0.3 is 0 Å². The van der Waals surface area contributed by atoms with E-state index in [4.69, 9.17) is 5.73 Å². The van der Waals surface area contributed by atoms with E-state index >= 15 is 0 Å². The highest BCUT2D eigenvalue weighted by molar-refractivity contribution is 5.85.